The summed E-state index contributed by atoms with van der Waals surface area (Å²) in [6.45, 7) is 0. The van der Waals surface area contributed by atoms with Gasteiger partial charge in [-0.15, -0.1) is 21.8 Å². The van der Waals surface area contributed by atoms with Gasteiger partial charge in [-0.3, -0.25) is 0 Å². The molecule has 11 rings (SSSR count). The summed E-state index contributed by atoms with van der Waals surface area (Å²) in [4.78, 5) is 3.05. The Bertz CT molecular complexity index is 2930. The van der Waals surface area contributed by atoms with Gasteiger partial charge in [0.1, 0.15) is 0 Å². The van der Waals surface area contributed by atoms with E-state index in [4.69, 9.17) is 0 Å². The summed E-state index contributed by atoms with van der Waals surface area (Å²) in [7, 11) is -0.0363. The molecular formula is C48H30S2. The molecule has 0 bridgehead atoms. The van der Waals surface area contributed by atoms with E-state index < -0.39 is 0 Å². The summed E-state index contributed by atoms with van der Waals surface area (Å²) < 4.78 is 2.83. The molecule has 50 heavy (non-hydrogen) atoms. The fourth-order valence-electron chi connectivity index (χ4n) is 8.56. The van der Waals surface area contributed by atoms with Crippen LogP contribution in [0, 0.1) is 0 Å². The van der Waals surface area contributed by atoms with Crippen molar-refractivity contribution in [2.75, 3.05) is 0 Å². The van der Waals surface area contributed by atoms with Gasteiger partial charge in [-0.25, -0.2) is 0 Å². The van der Waals surface area contributed by atoms with Gasteiger partial charge < -0.3 is 0 Å². The molecular weight excluding hydrogens is 641 g/mol. The van der Waals surface area contributed by atoms with Gasteiger partial charge in [-0.1, -0.05) is 152 Å². The first-order chi connectivity index (χ1) is 24.8. The van der Waals surface area contributed by atoms with E-state index in [2.05, 4.69) is 169 Å². The molecule has 234 valence electrons. The third kappa shape index (κ3) is 4.04. The molecule has 0 fully saturated rings. The Kier molecular flexibility index (Phi) is 6.22. The second-order valence-corrected chi connectivity index (χ2v) is 16.2. The van der Waals surface area contributed by atoms with Crippen molar-refractivity contribution in [2.45, 2.75) is 11.3 Å². The molecule has 2 aliphatic heterocycles. The molecule has 0 spiro atoms. The highest BCUT2D eigenvalue weighted by Crippen LogP contribution is 2.54. The molecule has 0 N–H and O–H groups in total. The van der Waals surface area contributed by atoms with Crippen molar-refractivity contribution >= 4 is 79.2 Å². The summed E-state index contributed by atoms with van der Waals surface area (Å²) in [5.41, 5.74) is 9.37. The fourth-order valence-corrected chi connectivity index (χ4v) is 12.1. The van der Waals surface area contributed by atoms with E-state index in [0.29, 0.717) is 0 Å². The van der Waals surface area contributed by atoms with Crippen LogP contribution in [0.1, 0.15) is 5.56 Å². The molecule has 0 nitrogen and oxygen atoms in total. The molecule has 2 aliphatic rings. The standard InChI is InChI=1S/C48H30S2/c1-2-14-30(15-3-1)45-36-20-6-8-22-38(36)46(39-23-9-7-21-37(39)45)40-26-25-34(32-17-4-5-18-33(32)40)42-29-41-35-19-10-11-24-44(35)49-47(41)43-28-31-16-12-13-27-50(31)48(42)43/h1-27,29H,28H2. The SMILES string of the molecule is C1=CC2=S(C=C1)c1c(-c3ccc(-c4c5ccccc5c(-c5ccccc5)c5ccccc45)c4ccccc34)cc3c(sc4ccccc43)c1C2. The summed E-state index contributed by atoms with van der Waals surface area (Å²) in [5, 5.41) is 12.9. The van der Waals surface area contributed by atoms with Crippen LogP contribution >= 0.6 is 21.8 Å². The molecule has 1 aromatic heterocycles. The first-order valence-electron chi connectivity index (χ1n) is 17.3. The van der Waals surface area contributed by atoms with Crippen molar-refractivity contribution in [3.8, 4) is 33.4 Å². The van der Waals surface area contributed by atoms with Crippen molar-refractivity contribution in [2.24, 2.45) is 0 Å². The molecule has 9 aromatic rings. The molecule has 0 amide bonds. The van der Waals surface area contributed by atoms with Crippen LogP contribution in [0.4, 0.5) is 0 Å². The van der Waals surface area contributed by atoms with Crippen LogP contribution in [-0.2, 0) is 6.42 Å². The highest BCUT2D eigenvalue weighted by molar-refractivity contribution is 8.19. The molecule has 1 atom stereocenters. The Morgan fingerprint density at radius 1 is 0.460 bits per heavy atom. The van der Waals surface area contributed by atoms with E-state index in [1.54, 1.807) is 0 Å². The monoisotopic (exact) mass is 670 g/mol. The van der Waals surface area contributed by atoms with Crippen molar-refractivity contribution in [3.63, 3.8) is 0 Å². The van der Waals surface area contributed by atoms with Crippen LogP contribution in [-0.4, -0.2) is 4.86 Å². The molecule has 8 aromatic carbocycles. The van der Waals surface area contributed by atoms with Crippen molar-refractivity contribution in [3.05, 3.63) is 175 Å². The third-order valence-electron chi connectivity index (χ3n) is 10.7. The lowest BCUT2D eigenvalue weighted by Gasteiger charge is -2.20. The van der Waals surface area contributed by atoms with Gasteiger partial charge >= 0.3 is 0 Å². The number of allylic oxidation sites excluding steroid dienone is 3. The minimum atomic E-state index is -0.0363. The Balaban J connectivity index is 1.23. The van der Waals surface area contributed by atoms with E-state index in [1.165, 1.54) is 101 Å². The van der Waals surface area contributed by atoms with Crippen LogP contribution in [0.15, 0.2) is 174 Å². The van der Waals surface area contributed by atoms with Gasteiger partial charge in [-0.2, -0.15) is 0 Å². The van der Waals surface area contributed by atoms with Crippen LogP contribution < -0.4 is 0 Å². The van der Waals surface area contributed by atoms with Crippen molar-refractivity contribution in [1.29, 1.82) is 0 Å². The first-order valence-corrected chi connectivity index (χ1v) is 19.4. The number of rotatable bonds is 3. The number of hydrogen-bond acceptors (Lipinski definition) is 1. The van der Waals surface area contributed by atoms with Gasteiger partial charge in [0.05, 0.1) is 0 Å². The minimum Gasteiger partial charge on any atom is -0.135 e. The van der Waals surface area contributed by atoms with Crippen LogP contribution in [0.5, 0.6) is 0 Å². The topological polar surface area (TPSA) is 0 Å². The van der Waals surface area contributed by atoms with Crippen molar-refractivity contribution in [1.82, 2.24) is 0 Å². The lowest BCUT2D eigenvalue weighted by atomic mass is 9.83. The molecule has 0 saturated heterocycles. The molecule has 0 radical (unpaired) electrons. The summed E-state index contributed by atoms with van der Waals surface area (Å²) >= 11 is 1.96. The maximum absolute atomic E-state index is 2.52. The average molecular weight is 671 g/mol. The molecule has 0 aliphatic carbocycles. The first kappa shape index (κ1) is 28.3. The predicted molar refractivity (Wildman–Crippen MR) is 221 cm³/mol. The third-order valence-corrected chi connectivity index (χ3v) is 14.1. The van der Waals surface area contributed by atoms with E-state index >= 15 is 0 Å². The van der Waals surface area contributed by atoms with E-state index in [9.17, 15) is 0 Å². The highest BCUT2D eigenvalue weighted by Gasteiger charge is 2.28. The van der Waals surface area contributed by atoms with Crippen LogP contribution in [0.2, 0.25) is 0 Å². The van der Waals surface area contributed by atoms with E-state index in [-0.39, 0.29) is 10.5 Å². The van der Waals surface area contributed by atoms with Gasteiger partial charge in [0.15, 0.2) is 0 Å². The van der Waals surface area contributed by atoms with Gasteiger partial charge in [0.25, 0.3) is 0 Å². The molecule has 2 heteroatoms. The average Bonchev–Trinajstić information content (AvgIpc) is 3.76. The largest absolute Gasteiger partial charge is 0.135 e. The number of fused-ring (bicyclic) bond motifs is 9. The number of thiophene rings is 1. The molecule has 3 heterocycles. The lowest BCUT2D eigenvalue weighted by Crippen LogP contribution is -1.94. The maximum atomic E-state index is 2.52. The van der Waals surface area contributed by atoms with E-state index in [1.807, 2.05) is 11.3 Å². The second kappa shape index (κ2) is 11.0. The van der Waals surface area contributed by atoms with Crippen LogP contribution in [0.25, 0.3) is 85.9 Å². The van der Waals surface area contributed by atoms with Gasteiger partial charge in [-0.05, 0) is 93.7 Å². The second-order valence-electron chi connectivity index (χ2n) is 13.3. The normalized spacial score (nSPS) is 15.1. The summed E-state index contributed by atoms with van der Waals surface area (Å²) in [6.07, 6.45) is 7.85. The zero-order valence-corrected chi connectivity index (χ0v) is 28.8. The quantitative estimate of drug-likeness (QED) is 0.130. The van der Waals surface area contributed by atoms with Gasteiger partial charge in [0, 0.05) is 31.5 Å². The zero-order valence-electron chi connectivity index (χ0n) is 27.2. The zero-order chi connectivity index (χ0) is 32.8. The smallest absolute Gasteiger partial charge is 0.0402 e. The Hall–Kier alpha value is -5.54. The summed E-state index contributed by atoms with van der Waals surface area (Å²) in [5.74, 6) is 0. The fraction of sp³-hybridized carbons (Fsp3) is 0.0208. The lowest BCUT2D eigenvalue weighted by molar-refractivity contribution is 1.31. The molecule has 1 unspecified atom stereocenters. The van der Waals surface area contributed by atoms with Gasteiger partial charge in [0.2, 0.25) is 0 Å². The highest BCUT2D eigenvalue weighted by atomic mass is 32.2. The maximum Gasteiger partial charge on any atom is 0.0402 e. The summed E-state index contributed by atoms with van der Waals surface area (Å²) in [6, 6.07) is 54.3. The number of hydrogen-bond donors (Lipinski definition) is 0. The Morgan fingerprint density at radius 2 is 1.04 bits per heavy atom. The van der Waals surface area contributed by atoms with Crippen LogP contribution in [0.3, 0.4) is 0 Å². The van der Waals surface area contributed by atoms with E-state index in [0.717, 1.165) is 6.42 Å². The number of benzene rings is 8. The van der Waals surface area contributed by atoms with Crippen molar-refractivity contribution < 1.29 is 0 Å². The predicted octanol–water partition coefficient (Wildman–Crippen LogP) is 14.0. The Labute approximate surface area is 297 Å². The molecule has 0 saturated carbocycles. The minimum absolute atomic E-state index is 0.0363. The Morgan fingerprint density at radius 3 is 1.76 bits per heavy atom.